The van der Waals surface area contributed by atoms with Gasteiger partial charge in [0.15, 0.2) is 0 Å². The third kappa shape index (κ3) is 5.13. The van der Waals surface area contributed by atoms with Gasteiger partial charge in [0.05, 0.1) is 4.90 Å². The molecule has 0 amide bonds. The van der Waals surface area contributed by atoms with Crippen LogP contribution in [0.15, 0.2) is 59.5 Å². The molecule has 0 aliphatic rings. The Labute approximate surface area is 137 Å². The van der Waals surface area contributed by atoms with Crippen molar-refractivity contribution >= 4 is 10.0 Å². The minimum Gasteiger partial charge on any atom is -0.305 e. The van der Waals surface area contributed by atoms with Gasteiger partial charge >= 0.3 is 0 Å². The molecule has 1 atom stereocenters. The molecule has 0 radical (unpaired) electrons. The summed E-state index contributed by atoms with van der Waals surface area (Å²) in [7, 11) is 0.192. The Hall–Kier alpha value is -1.76. The van der Waals surface area contributed by atoms with E-state index in [0.717, 1.165) is 24.1 Å². The molecule has 0 aromatic heterocycles. The van der Waals surface area contributed by atoms with Crippen molar-refractivity contribution < 1.29 is 12.8 Å². The van der Waals surface area contributed by atoms with Crippen LogP contribution in [0.3, 0.4) is 0 Å². The van der Waals surface area contributed by atoms with Gasteiger partial charge in [0, 0.05) is 12.6 Å². The first-order valence-corrected chi connectivity index (χ1v) is 8.82. The predicted octanol–water partition coefficient (Wildman–Crippen LogP) is 2.28. The lowest BCUT2D eigenvalue weighted by atomic mass is 10.1. The van der Waals surface area contributed by atoms with Crippen LogP contribution in [-0.2, 0) is 16.4 Å². The van der Waals surface area contributed by atoms with Crippen LogP contribution in [0.2, 0.25) is 0 Å². The van der Waals surface area contributed by atoms with E-state index < -0.39 is 15.8 Å². The Bertz CT molecular complexity index is 716. The fraction of sp³-hybridized carbons (Fsp3) is 0.294. The number of sulfonamides is 1. The van der Waals surface area contributed by atoms with Gasteiger partial charge in [0.1, 0.15) is 5.82 Å². The van der Waals surface area contributed by atoms with E-state index in [1.54, 1.807) is 0 Å². The summed E-state index contributed by atoms with van der Waals surface area (Å²) in [5.74, 6) is -0.459. The Kier molecular flexibility index (Phi) is 5.87. The summed E-state index contributed by atoms with van der Waals surface area (Å²) in [4.78, 5) is 2.05. The van der Waals surface area contributed by atoms with Crippen molar-refractivity contribution in [2.24, 2.45) is 0 Å². The summed E-state index contributed by atoms with van der Waals surface area (Å²) in [6.07, 6.45) is 0.736. The first-order chi connectivity index (χ1) is 10.9. The maximum absolute atomic E-state index is 12.9. The first kappa shape index (κ1) is 17.6. The van der Waals surface area contributed by atoms with Crippen LogP contribution < -0.4 is 4.72 Å². The van der Waals surface area contributed by atoms with Gasteiger partial charge in [-0.3, -0.25) is 0 Å². The summed E-state index contributed by atoms with van der Waals surface area (Å²) in [6.45, 7) is 0.279. The molecule has 23 heavy (non-hydrogen) atoms. The van der Waals surface area contributed by atoms with Gasteiger partial charge in [-0.15, -0.1) is 0 Å². The van der Waals surface area contributed by atoms with Gasteiger partial charge in [0.2, 0.25) is 10.0 Å². The maximum Gasteiger partial charge on any atom is 0.240 e. The van der Waals surface area contributed by atoms with Gasteiger partial charge in [-0.25, -0.2) is 17.5 Å². The summed E-state index contributed by atoms with van der Waals surface area (Å²) < 4.78 is 40.1. The molecular weight excluding hydrogens is 315 g/mol. The van der Waals surface area contributed by atoms with E-state index >= 15 is 0 Å². The van der Waals surface area contributed by atoms with E-state index in [1.807, 2.05) is 49.3 Å². The molecule has 0 aliphatic heterocycles. The Morgan fingerprint density at radius 2 is 1.65 bits per heavy atom. The van der Waals surface area contributed by atoms with Crippen LogP contribution in [0.1, 0.15) is 5.56 Å². The van der Waals surface area contributed by atoms with Crippen LogP contribution >= 0.6 is 0 Å². The second-order valence-corrected chi connectivity index (χ2v) is 7.38. The molecule has 0 spiro atoms. The highest BCUT2D eigenvalue weighted by molar-refractivity contribution is 7.89. The lowest BCUT2D eigenvalue weighted by molar-refractivity contribution is 0.291. The molecular formula is C17H21FN2O2S. The topological polar surface area (TPSA) is 49.4 Å². The van der Waals surface area contributed by atoms with Gasteiger partial charge in [0.25, 0.3) is 0 Å². The third-order valence-corrected chi connectivity index (χ3v) is 5.12. The number of benzene rings is 2. The number of hydrogen-bond donors (Lipinski definition) is 1. The second kappa shape index (κ2) is 7.68. The van der Waals surface area contributed by atoms with Crippen molar-refractivity contribution in [2.75, 3.05) is 20.6 Å². The zero-order valence-electron chi connectivity index (χ0n) is 13.2. The lowest BCUT2D eigenvalue weighted by Crippen LogP contribution is -2.41. The van der Waals surface area contributed by atoms with E-state index in [2.05, 4.69) is 4.72 Å². The number of likely N-dealkylation sites (N-methyl/N-ethyl adjacent to an activating group) is 1. The van der Waals surface area contributed by atoms with Crippen molar-refractivity contribution in [3.05, 3.63) is 66.0 Å². The lowest BCUT2D eigenvalue weighted by Gasteiger charge is -2.24. The highest BCUT2D eigenvalue weighted by Crippen LogP contribution is 2.11. The second-order valence-electron chi connectivity index (χ2n) is 5.61. The molecule has 124 valence electrons. The first-order valence-electron chi connectivity index (χ1n) is 7.34. The Morgan fingerprint density at radius 1 is 1.04 bits per heavy atom. The average Bonchev–Trinajstić information content (AvgIpc) is 2.52. The van der Waals surface area contributed by atoms with E-state index in [-0.39, 0.29) is 17.5 Å². The number of halogens is 1. The number of nitrogens with zero attached hydrogens (tertiary/aromatic N) is 1. The summed E-state index contributed by atoms with van der Waals surface area (Å²) in [6, 6.07) is 14.7. The monoisotopic (exact) mass is 336 g/mol. The SMILES string of the molecule is CN(C)[C@@H](CNS(=O)(=O)c1ccc(F)cc1)Cc1ccccc1. The van der Waals surface area contributed by atoms with Gasteiger partial charge in [-0.05, 0) is 50.3 Å². The average molecular weight is 336 g/mol. The summed E-state index contributed by atoms with van der Waals surface area (Å²) in [5.41, 5.74) is 1.15. The molecule has 2 rings (SSSR count). The minimum absolute atomic E-state index is 0.0209. The molecule has 0 saturated carbocycles. The molecule has 2 aromatic carbocycles. The van der Waals surface area contributed by atoms with E-state index in [0.29, 0.717) is 0 Å². The number of hydrogen-bond acceptors (Lipinski definition) is 3. The van der Waals surface area contributed by atoms with Crippen LogP contribution in [0.4, 0.5) is 4.39 Å². The van der Waals surface area contributed by atoms with Crippen LogP contribution in [0.25, 0.3) is 0 Å². The molecule has 6 heteroatoms. The smallest absolute Gasteiger partial charge is 0.240 e. The quantitative estimate of drug-likeness (QED) is 0.844. The minimum atomic E-state index is -3.64. The predicted molar refractivity (Wildman–Crippen MR) is 89.2 cm³/mol. The van der Waals surface area contributed by atoms with Crippen molar-refractivity contribution in [1.82, 2.24) is 9.62 Å². The molecule has 0 aliphatic carbocycles. The van der Waals surface area contributed by atoms with Gasteiger partial charge in [-0.1, -0.05) is 30.3 Å². The van der Waals surface area contributed by atoms with Crippen LogP contribution in [0, 0.1) is 5.82 Å². The maximum atomic E-state index is 12.9. The normalized spacial score (nSPS) is 13.2. The summed E-state index contributed by atoms with van der Waals surface area (Å²) >= 11 is 0. The highest BCUT2D eigenvalue weighted by atomic mass is 32.2. The van der Waals surface area contributed by atoms with Crippen molar-refractivity contribution in [3.63, 3.8) is 0 Å². The largest absolute Gasteiger partial charge is 0.305 e. The molecule has 0 saturated heterocycles. The van der Waals surface area contributed by atoms with E-state index in [9.17, 15) is 12.8 Å². The summed E-state index contributed by atoms with van der Waals surface area (Å²) in [5, 5.41) is 0. The fourth-order valence-corrected chi connectivity index (χ4v) is 3.30. The van der Waals surface area contributed by atoms with Gasteiger partial charge < -0.3 is 4.90 Å². The molecule has 1 N–H and O–H groups in total. The number of rotatable bonds is 7. The molecule has 0 heterocycles. The Balaban J connectivity index is 2.04. The molecule has 0 fully saturated rings. The zero-order valence-corrected chi connectivity index (χ0v) is 14.1. The number of nitrogens with one attached hydrogen (secondary N) is 1. The molecule has 0 bridgehead atoms. The highest BCUT2D eigenvalue weighted by Gasteiger charge is 2.18. The zero-order chi connectivity index (χ0) is 16.9. The Morgan fingerprint density at radius 3 is 2.22 bits per heavy atom. The third-order valence-electron chi connectivity index (χ3n) is 3.68. The van der Waals surface area contributed by atoms with Crippen molar-refractivity contribution in [3.8, 4) is 0 Å². The standard InChI is InChI=1S/C17H21FN2O2S/c1-20(2)16(12-14-6-4-3-5-7-14)13-19-23(21,22)17-10-8-15(18)9-11-17/h3-11,16,19H,12-13H2,1-2H3/t16-/m1/s1. The van der Waals surface area contributed by atoms with Crippen molar-refractivity contribution in [1.29, 1.82) is 0 Å². The van der Waals surface area contributed by atoms with Crippen LogP contribution in [-0.4, -0.2) is 40.0 Å². The van der Waals surface area contributed by atoms with Crippen LogP contribution in [0.5, 0.6) is 0 Å². The molecule has 0 unspecified atom stereocenters. The van der Waals surface area contributed by atoms with E-state index in [4.69, 9.17) is 0 Å². The molecule has 4 nitrogen and oxygen atoms in total. The van der Waals surface area contributed by atoms with E-state index in [1.165, 1.54) is 12.1 Å². The fourth-order valence-electron chi connectivity index (χ4n) is 2.23. The molecule has 2 aromatic rings. The van der Waals surface area contributed by atoms with Gasteiger partial charge in [-0.2, -0.15) is 0 Å². The van der Waals surface area contributed by atoms with Crippen molar-refractivity contribution in [2.45, 2.75) is 17.4 Å².